The largest absolute Gasteiger partial charge is 0.392 e. The molecule has 2 rings (SSSR count). The third-order valence-electron chi connectivity index (χ3n) is 3.19. The maximum absolute atomic E-state index is 12.5. The van der Waals surface area contributed by atoms with Crippen molar-refractivity contribution >= 4 is 20.8 Å². The molecule has 106 valence electrons. The molecule has 1 aliphatic heterocycles. The second-order valence-corrected chi connectivity index (χ2v) is 8.11. The first-order valence-electron chi connectivity index (χ1n) is 6.00. The Morgan fingerprint density at radius 1 is 1.32 bits per heavy atom. The van der Waals surface area contributed by atoms with Crippen LogP contribution in [-0.4, -0.2) is 46.6 Å². The van der Waals surface area contributed by atoms with Crippen molar-refractivity contribution in [3.05, 3.63) is 29.3 Å². The summed E-state index contributed by atoms with van der Waals surface area (Å²) in [6, 6.07) is 4.91. The van der Waals surface area contributed by atoms with Crippen molar-refractivity contribution < 1.29 is 17.7 Å². The molecule has 0 amide bonds. The van der Waals surface area contributed by atoms with Crippen molar-refractivity contribution in [2.75, 3.05) is 24.6 Å². The Kier molecular flexibility index (Phi) is 4.39. The summed E-state index contributed by atoms with van der Waals surface area (Å²) in [7, 11) is -4.47. The Morgan fingerprint density at radius 3 is 2.53 bits per heavy atom. The van der Waals surface area contributed by atoms with Gasteiger partial charge in [-0.25, -0.2) is 8.42 Å². The average molecular weight is 303 g/mol. The summed E-state index contributed by atoms with van der Waals surface area (Å²) in [5.41, 5.74) is 1.23. The van der Waals surface area contributed by atoms with Crippen LogP contribution in [0.2, 0.25) is 0 Å². The first-order chi connectivity index (χ1) is 8.95. The Hall–Kier alpha value is -0.760. The van der Waals surface area contributed by atoms with Crippen LogP contribution in [0.1, 0.15) is 11.1 Å². The first-order valence-corrected chi connectivity index (χ1v) is 8.93. The lowest BCUT2D eigenvalue weighted by molar-refractivity contribution is 0.281. The minimum absolute atomic E-state index is 0.188. The normalized spacial score (nSPS) is 18.6. The fourth-order valence-corrected chi connectivity index (χ4v) is 5.02. The second kappa shape index (κ2) is 5.70. The molecule has 5 nitrogen and oxygen atoms in total. The lowest BCUT2D eigenvalue weighted by atomic mass is 10.2. The van der Waals surface area contributed by atoms with Gasteiger partial charge in [-0.3, -0.25) is 4.21 Å². The number of aliphatic hydroxyl groups excluding tert-OH is 1. The van der Waals surface area contributed by atoms with E-state index in [1.165, 1.54) is 10.4 Å². The topological polar surface area (TPSA) is 74.7 Å². The third-order valence-corrected chi connectivity index (χ3v) is 6.51. The lowest BCUT2D eigenvalue weighted by Crippen LogP contribution is -2.41. The van der Waals surface area contributed by atoms with Crippen LogP contribution in [0.5, 0.6) is 0 Å². The standard InChI is InChI=1S/C12H17NO4S2/c1-10-2-3-11(9-14)8-12(10)19(16,17)13-4-6-18(15)7-5-13/h2-3,8,14H,4-7,9H2,1H3. The number of aliphatic hydroxyl groups is 1. The second-order valence-electron chi connectivity index (χ2n) is 4.51. The number of hydrogen-bond acceptors (Lipinski definition) is 4. The van der Waals surface area contributed by atoms with E-state index in [0.29, 0.717) is 22.6 Å². The molecule has 1 aromatic rings. The van der Waals surface area contributed by atoms with Gasteiger partial charge in [0.05, 0.1) is 11.5 Å². The zero-order valence-electron chi connectivity index (χ0n) is 10.7. The number of hydrogen-bond donors (Lipinski definition) is 1. The van der Waals surface area contributed by atoms with Crippen LogP contribution in [0, 0.1) is 6.92 Å². The fourth-order valence-electron chi connectivity index (χ4n) is 2.02. The van der Waals surface area contributed by atoms with Gasteiger partial charge in [0.2, 0.25) is 10.0 Å². The summed E-state index contributed by atoms with van der Waals surface area (Å²) < 4.78 is 37.7. The molecule has 19 heavy (non-hydrogen) atoms. The van der Waals surface area contributed by atoms with E-state index < -0.39 is 20.8 Å². The SMILES string of the molecule is Cc1ccc(CO)cc1S(=O)(=O)N1CCS(=O)CC1. The van der Waals surface area contributed by atoms with Crippen molar-refractivity contribution in [2.45, 2.75) is 18.4 Å². The Bertz CT molecular complexity index is 588. The van der Waals surface area contributed by atoms with Gasteiger partial charge in [-0.1, -0.05) is 12.1 Å². The molecule has 1 N–H and O–H groups in total. The summed E-state index contributed by atoms with van der Waals surface area (Å²) >= 11 is 0. The lowest BCUT2D eigenvalue weighted by Gasteiger charge is -2.26. The van der Waals surface area contributed by atoms with Crippen molar-refractivity contribution in [2.24, 2.45) is 0 Å². The number of nitrogens with zero attached hydrogens (tertiary/aromatic N) is 1. The Labute approximate surface area is 115 Å². The number of aryl methyl sites for hydroxylation is 1. The van der Waals surface area contributed by atoms with Crippen molar-refractivity contribution in [1.82, 2.24) is 4.31 Å². The van der Waals surface area contributed by atoms with E-state index in [9.17, 15) is 12.6 Å². The molecule has 7 heteroatoms. The molecular weight excluding hydrogens is 286 g/mol. The smallest absolute Gasteiger partial charge is 0.243 e. The molecule has 1 saturated heterocycles. The average Bonchev–Trinajstić information content (AvgIpc) is 2.39. The first kappa shape index (κ1) is 14.6. The molecule has 0 atom stereocenters. The zero-order chi connectivity index (χ0) is 14.0. The van der Waals surface area contributed by atoms with Crippen LogP contribution in [0.4, 0.5) is 0 Å². The van der Waals surface area contributed by atoms with E-state index in [0.717, 1.165) is 0 Å². The van der Waals surface area contributed by atoms with Crippen LogP contribution < -0.4 is 0 Å². The van der Waals surface area contributed by atoms with Gasteiger partial charge >= 0.3 is 0 Å². The van der Waals surface area contributed by atoms with Crippen LogP contribution in [0.15, 0.2) is 23.1 Å². The summed E-state index contributed by atoms with van der Waals surface area (Å²) in [6.45, 7) is 2.12. The maximum Gasteiger partial charge on any atom is 0.243 e. The molecule has 0 aliphatic carbocycles. The van der Waals surface area contributed by atoms with Crippen LogP contribution in [0.25, 0.3) is 0 Å². The predicted octanol–water partition coefficient (Wildman–Crippen LogP) is 0.240. The van der Waals surface area contributed by atoms with Crippen molar-refractivity contribution in [1.29, 1.82) is 0 Å². The number of sulfonamides is 1. The minimum Gasteiger partial charge on any atom is -0.392 e. The van der Waals surface area contributed by atoms with Crippen LogP contribution in [-0.2, 0) is 27.4 Å². The van der Waals surface area contributed by atoms with E-state index in [4.69, 9.17) is 5.11 Å². The minimum atomic E-state index is -3.56. The summed E-state index contributed by atoms with van der Waals surface area (Å²) in [6.07, 6.45) is 0. The molecule has 1 heterocycles. The molecule has 1 fully saturated rings. The Morgan fingerprint density at radius 2 is 1.95 bits per heavy atom. The molecule has 0 spiro atoms. The molecular formula is C12H17NO4S2. The summed E-state index contributed by atoms with van der Waals surface area (Å²) in [4.78, 5) is 0.228. The van der Waals surface area contributed by atoms with Gasteiger partial charge in [0, 0.05) is 35.4 Å². The van der Waals surface area contributed by atoms with Gasteiger partial charge < -0.3 is 5.11 Å². The fraction of sp³-hybridized carbons (Fsp3) is 0.500. The highest BCUT2D eigenvalue weighted by Gasteiger charge is 2.29. The predicted molar refractivity (Wildman–Crippen MR) is 73.7 cm³/mol. The van der Waals surface area contributed by atoms with Gasteiger partial charge in [0.1, 0.15) is 0 Å². The molecule has 0 bridgehead atoms. The molecule has 0 aromatic heterocycles. The van der Waals surface area contributed by atoms with E-state index in [1.807, 2.05) is 0 Å². The van der Waals surface area contributed by atoms with E-state index >= 15 is 0 Å². The zero-order valence-corrected chi connectivity index (χ0v) is 12.3. The highest BCUT2D eigenvalue weighted by molar-refractivity contribution is 7.89. The van der Waals surface area contributed by atoms with E-state index in [2.05, 4.69) is 0 Å². The van der Waals surface area contributed by atoms with Crippen LogP contribution in [0.3, 0.4) is 0 Å². The highest BCUT2D eigenvalue weighted by Crippen LogP contribution is 2.22. The molecule has 1 aromatic carbocycles. The monoisotopic (exact) mass is 303 g/mol. The molecule has 1 aliphatic rings. The number of rotatable bonds is 3. The van der Waals surface area contributed by atoms with Crippen molar-refractivity contribution in [3.8, 4) is 0 Å². The quantitative estimate of drug-likeness (QED) is 0.868. The maximum atomic E-state index is 12.5. The highest BCUT2D eigenvalue weighted by atomic mass is 32.2. The summed E-state index contributed by atoms with van der Waals surface area (Å²) in [5, 5.41) is 9.12. The third kappa shape index (κ3) is 3.05. The molecule has 0 saturated carbocycles. The van der Waals surface area contributed by atoms with Gasteiger partial charge in [0.25, 0.3) is 0 Å². The van der Waals surface area contributed by atoms with Crippen molar-refractivity contribution in [3.63, 3.8) is 0 Å². The van der Waals surface area contributed by atoms with Gasteiger partial charge in [-0.2, -0.15) is 4.31 Å². The van der Waals surface area contributed by atoms with Crippen LogP contribution >= 0.6 is 0 Å². The van der Waals surface area contributed by atoms with E-state index in [1.54, 1.807) is 19.1 Å². The molecule has 0 unspecified atom stereocenters. The van der Waals surface area contributed by atoms with Gasteiger partial charge in [-0.05, 0) is 24.1 Å². The van der Waals surface area contributed by atoms with E-state index in [-0.39, 0.29) is 24.6 Å². The molecule has 0 radical (unpaired) electrons. The number of benzene rings is 1. The Balaban J connectivity index is 2.36. The van der Waals surface area contributed by atoms with Gasteiger partial charge in [0.15, 0.2) is 0 Å². The van der Waals surface area contributed by atoms with Gasteiger partial charge in [-0.15, -0.1) is 0 Å². The summed E-state index contributed by atoms with van der Waals surface area (Å²) in [5.74, 6) is 0.774.